The molecule has 0 spiro atoms. The molecule has 4 N–H and O–H groups in total. The van der Waals surface area contributed by atoms with Crippen molar-refractivity contribution in [2.75, 3.05) is 25.7 Å². The number of hydrogen-bond acceptors (Lipinski definition) is 7. The smallest absolute Gasteiger partial charge is 0.227 e. The van der Waals surface area contributed by atoms with Gasteiger partial charge in [0.15, 0.2) is 0 Å². The lowest BCUT2D eigenvalue weighted by molar-refractivity contribution is 0.396. The standard InChI is InChI=1S/C21H18N4O3/c1-26-11-7-8-13-16(9-11)28-21-18(19(23)14(10-22)20(24)25-21)17(13)12-5-3-4-6-15(12)27-2/h3-9,17H,1-2H3,(H4,23,24,25)/t17-/m1/s1. The van der Waals surface area contributed by atoms with Crippen molar-refractivity contribution >= 4 is 11.5 Å². The molecule has 0 saturated carbocycles. The minimum absolute atomic E-state index is 0.0314. The fourth-order valence-electron chi connectivity index (χ4n) is 3.54. The van der Waals surface area contributed by atoms with Gasteiger partial charge in [-0.1, -0.05) is 24.3 Å². The Hall–Kier alpha value is -3.92. The minimum atomic E-state index is -0.346. The van der Waals surface area contributed by atoms with Gasteiger partial charge >= 0.3 is 0 Å². The number of nitrogens with zero attached hydrogens (tertiary/aromatic N) is 2. The molecular formula is C21H18N4O3. The van der Waals surface area contributed by atoms with E-state index in [-0.39, 0.29) is 28.9 Å². The number of benzene rings is 2. The van der Waals surface area contributed by atoms with E-state index in [9.17, 15) is 5.26 Å². The lowest BCUT2D eigenvalue weighted by Crippen LogP contribution is -2.17. The summed E-state index contributed by atoms with van der Waals surface area (Å²) in [6.07, 6.45) is 0. The molecule has 0 bridgehead atoms. The number of methoxy groups -OCH3 is 2. The first-order chi connectivity index (χ1) is 13.6. The van der Waals surface area contributed by atoms with Gasteiger partial charge < -0.3 is 25.7 Å². The number of fused-ring (bicyclic) bond motifs is 2. The molecule has 0 aliphatic carbocycles. The number of nitrogen functional groups attached to an aromatic ring is 2. The van der Waals surface area contributed by atoms with Crippen molar-refractivity contribution in [3.05, 3.63) is 64.7 Å². The molecule has 7 nitrogen and oxygen atoms in total. The maximum Gasteiger partial charge on any atom is 0.227 e. The second-order valence-corrected chi connectivity index (χ2v) is 6.30. The molecule has 1 aliphatic heterocycles. The van der Waals surface area contributed by atoms with E-state index in [0.29, 0.717) is 22.8 Å². The van der Waals surface area contributed by atoms with Gasteiger partial charge in [0.25, 0.3) is 0 Å². The molecular weight excluding hydrogens is 356 g/mol. The van der Waals surface area contributed by atoms with Crippen molar-refractivity contribution in [1.82, 2.24) is 4.98 Å². The zero-order valence-corrected chi connectivity index (χ0v) is 15.4. The van der Waals surface area contributed by atoms with Gasteiger partial charge in [0.1, 0.15) is 34.7 Å². The molecule has 0 radical (unpaired) electrons. The van der Waals surface area contributed by atoms with Crippen LogP contribution in [0.1, 0.15) is 28.2 Å². The van der Waals surface area contributed by atoms with Crippen molar-refractivity contribution in [2.45, 2.75) is 5.92 Å². The number of para-hydroxylation sites is 1. The molecule has 2 heterocycles. The minimum Gasteiger partial charge on any atom is -0.497 e. The Kier molecular flexibility index (Phi) is 4.17. The van der Waals surface area contributed by atoms with E-state index in [1.165, 1.54) is 0 Å². The van der Waals surface area contributed by atoms with Crippen LogP contribution in [-0.2, 0) is 0 Å². The Labute approximate surface area is 162 Å². The highest BCUT2D eigenvalue weighted by molar-refractivity contribution is 5.76. The third kappa shape index (κ3) is 2.55. The van der Waals surface area contributed by atoms with E-state index in [1.54, 1.807) is 20.3 Å². The zero-order valence-electron chi connectivity index (χ0n) is 15.4. The Morgan fingerprint density at radius 1 is 1.07 bits per heavy atom. The molecule has 3 aromatic rings. The van der Waals surface area contributed by atoms with Crippen molar-refractivity contribution in [2.24, 2.45) is 0 Å². The molecule has 2 aromatic carbocycles. The molecule has 0 fully saturated rings. The second-order valence-electron chi connectivity index (χ2n) is 6.30. The summed E-state index contributed by atoms with van der Waals surface area (Å²) < 4.78 is 16.9. The van der Waals surface area contributed by atoms with E-state index in [0.717, 1.165) is 11.1 Å². The van der Waals surface area contributed by atoms with E-state index in [4.69, 9.17) is 25.7 Å². The van der Waals surface area contributed by atoms with Gasteiger partial charge in [0.05, 0.1) is 25.5 Å². The molecule has 4 rings (SSSR count). The highest BCUT2D eigenvalue weighted by atomic mass is 16.5. The number of ether oxygens (including phenoxy) is 3. The summed E-state index contributed by atoms with van der Waals surface area (Å²) in [4.78, 5) is 4.30. The van der Waals surface area contributed by atoms with Crippen LogP contribution in [-0.4, -0.2) is 19.2 Å². The first-order valence-corrected chi connectivity index (χ1v) is 8.56. The fourth-order valence-corrected chi connectivity index (χ4v) is 3.54. The highest BCUT2D eigenvalue weighted by Gasteiger charge is 2.35. The predicted octanol–water partition coefficient (Wildman–Crippen LogP) is 3.42. The maximum absolute atomic E-state index is 9.49. The van der Waals surface area contributed by atoms with Crippen LogP contribution in [0.25, 0.3) is 0 Å². The average Bonchev–Trinajstić information content (AvgIpc) is 2.72. The average molecular weight is 374 g/mol. The van der Waals surface area contributed by atoms with Crippen molar-refractivity contribution < 1.29 is 14.2 Å². The van der Waals surface area contributed by atoms with Gasteiger partial charge in [-0.3, -0.25) is 0 Å². The van der Waals surface area contributed by atoms with Crippen LogP contribution in [0.15, 0.2) is 42.5 Å². The molecule has 0 saturated heterocycles. The van der Waals surface area contributed by atoms with E-state index in [1.807, 2.05) is 42.5 Å². The molecule has 1 aliphatic rings. The summed E-state index contributed by atoms with van der Waals surface area (Å²) in [5.74, 6) is 1.88. The summed E-state index contributed by atoms with van der Waals surface area (Å²) in [5.41, 5.74) is 15.0. The first kappa shape index (κ1) is 17.5. The number of aromatic nitrogens is 1. The SMILES string of the molecule is COc1ccc2c(c1)Oc1nc(N)c(C#N)c(N)c1[C@@H]2c1ccccc1OC. The van der Waals surface area contributed by atoms with Crippen LogP contribution in [0.2, 0.25) is 0 Å². The van der Waals surface area contributed by atoms with Crippen molar-refractivity contribution in [1.29, 1.82) is 5.26 Å². The molecule has 1 aromatic heterocycles. The summed E-state index contributed by atoms with van der Waals surface area (Å²) >= 11 is 0. The zero-order chi connectivity index (χ0) is 19.8. The first-order valence-electron chi connectivity index (χ1n) is 8.56. The number of nitrogens with two attached hydrogens (primary N) is 2. The molecule has 7 heteroatoms. The third-order valence-corrected chi connectivity index (χ3v) is 4.86. The van der Waals surface area contributed by atoms with Crippen LogP contribution < -0.4 is 25.7 Å². The largest absolute Gasteiger partial charge is 0.497 e. The summed E-state index contributed by atoms with van der Waals surface area (Å²) in [6, 6.07) is 15.2. The lowest BCUT2D eigenvalue weighted by Gasteiger charge is -2.30. The molecule has 1 atom stereocenters. The topological polar surface area (TPSA) is 116 Å². The Balaban J connectivity index is 2.06. The molecule has 0 amide bonds. The van der Waals surface area contributed by atoms with Crippen LogP contribution >= 0.6 is 0 Å². The maximum atomic E-state index is 9.49. The van der Waals surface area contributed by atoms with Crippen LogP contribution in [0.4, 0.5) is 11.5 Å². The Morgan fingerprint density at radius 3 is 2.57 bits per heavy atom. The number of pyridine rings is 1. The summed E-state index contributed by atoms with van der Waals surface area (Å²) in [6.45, 7) is 0. The van der Waals surface area contributed by atoms with Crippen LogP contribution in [0.5, 0.6) is 23.1 Å². The van der Waals surface area contributed by atoms with Gasteiger partial charge in [-0.05, 0) is 12.1 Å². The number of anilines is 2. The highest BCUT2D eigenvalue weighted by Crippen LogP contribution is 2.52. The van der Waals surface area contributed by atoms with Gasteiger partial charge in [-0.15, -0.1) is 0 Å². The van der Waals surface area contributed by atoms with Gasteiger partial charge in [-0.2, -0.15) is 10.2 Å². The number of rotatable bonds is 3. The van der Waals surface area contributed by atoms with Crippen LogP contribution in [0, 0.1) is 11.3 Å². The Morgan fingerprint density at radius 2 is 1.86 bits per heavy atom. The van der Waals surface area contributed by atoms with Gasteiger partial charge in [0, 0.05) is 23.1 Å². The monoisotopic (exact) mass is 374 g/mol. The lowest BCUT2D eigenvalue weighted by atomic mass is 9.81. The number of nitriles is 1. The van der Waals surface area contributed by atoms with E-state index < -0.39 is 0 Å². The molecule has 28 heavy (non-hydrogen) atoms. The quantitative estimate of drug-likeness (QED) is 0.564. The summed E-state index contributed by atoms with van der Waals surface area (Å²) in [5, 5.41) is 9.49. The van der Waals surface area contributed by atoms with Crippen molar-refractivity contribution in [3.8, 4) is 29.2 Å². The van der Waals surface area contributed by atoms with E-state index >= 15 is 0 Å². The fraction of sp³-hybridized carbons (Fsp3) is 0.143. The van der Waals surface area contributed by atoms with Crippen molar-refractivity contribution in [3.63, 3.8) is 0 Å². The van der Waals surface area contributed by atoms with Gasteiger partial charge in [-0.25, -0.2) is 0 Å². The molecule has 140 valence electrons. The van der Waals surface area contributed by atoms with Gasteiger partial charge in [0.2, 0.25) is 5.88 Å². The summed E-state index contributed by atoms with van der Waals surface area (Å²) in [7, 11) is 3.20. The molecule has 0 unspecified atom stereocenters. The number of hydrogen-bond donors (Lipinski definition) is 2. The predicted molar refractivity (Wildman–Crippen MR) is 105 cm³/mol. The second kappa shape index (κ2) is 6.67. The van der Waals surface area contributed by atoms with E-state index in [2.05, 4.69) is 4.98 Å². The third-order valence-electron chi connectivity index (χ3n) is 4.86. The Bertz CT molecular complexity index is 1120. The van der Waals surface area contributed by atoms with Crippen LogP contribution in [0.3, 0.4) is 0 Å². The normalized spacial score (nSPS) is 14.2.